The van der Waals surface area contributed by atoms with Gasteiger partial charge in [0, 0.05) is 6.42 Å². The van der Waals surface area contributed by atoms with Crippen molar-refractivity contribution in [3.63, 3.8) is 0 Å². The smallest absolute Gasteiger partial charge is 0.217 e. The van der Waals surface area contributed by atoms with Crippen LogP contribution in [0.1, 0.15) is 29.5 Å². The molecule has 0 saturated carbocycles. The molecule has 0 aromatic heterocycles. The summed E-state index contributed by atoms with van der Waals surface area (Å²) < 4.78 is -0.368. The van der Waals surface area contributed by atoms with Gasteiger partial charge in [0.15, 0.2) is 0 Å². The monoisotopic (exact) mass is 373 g/mol. The number of amides is 1. The Bertz CT molecular complexity index is 779. The number of thioether (sulfide) groups is 1. The molecule has 0 atom stereocenters. The van der Waals surface area contributed by atoms with Crippen LogP contribution in [0.3, 0.4) is 0 Å². The maximum Gasteiger partial charge on any atom is 0.217 e. The fourth-order valence-electron chi connectivity index (χ4n) is 3.17. The van der Waals surface area contributed by atoms with Crippen LogP contribution in [-0.4, -0.2) is 5.91 Å². The molecule has 2 nitrogen and oxygen atoms in total. The normalized spacial score (nSPS) is 11.6. The number of hydrogen-bond acceptors (Lipinski definition) is 2. The van der Waals surface area contributed by atoms with Gasteiger partial charge in [0.1, 0.15) is 0 Å². The molecule has 0 aliphatic rings. The number of allylic oxidation sites excluding steroid dienone is 1. The Balaban J connectivity index is 2.10. The number of carbonyl (C=O) groups excluding carboxylic acids is 1. The zero-order valence-electron chi connectivity index (χ0n) is 15.1. The first-order chi connectivity index (χ1) is 13.2. The van der Waals surface area contributed by atoms with Gasteiger partial charge in [0.05, 0.1) is 4.75 Å². The van der Waals surface area contributed by atoms with E-state index in [2.05, 4.69) is 78.2 Å². The summed E-state index contributed by atoms with van der Waals surface area (Å²) in [5.74, 6) is -0.273. The zero-order chi connectivity index (χ0) is 19.0. The summed E-state index contributed by atoms with van der Waals surface area (Å²) in [5.41, 5.74) is 8.90. The third kappa shape index (κ3) is 4.50. The summed E-state index contributed by atoms with van der Waals surface area (Å²) in [6.07, 6.45) is 3.04. The second kappa shape index (κ2) is 9.24. The van der Waals surface area contributed by atoms with E-state index >= 15 is 0 Å². The molecular weight excluding hydrogens is 350 g/mol. The van der Waals surface area contributed by atoms with Crippen LogP contribution in [0, 0.1) is 0 Å². The Morgan fingerprint density at radius 2 is 1.19 bits per heavy atom. The first-order valence-corrected chi connectivity index (χ1v) is 9.89. The second-order valence-corrected chi connectivity index (χ2v) is 7.39. The summed E-state index contributed by atoms with van der Waals surface area (Å²) in [6, 6.07) is 31.6. The first kappa shape index (κ1) is 19.0. The van der Waals surface area contributed by atoms with E-state index in [-0.39, 0.29) is 10.7 Å². The third-order valence-electron chi connectivity index (χ3n) is 4.44. The number of rotatable bonds is 8. The first-order valence-electron chi connectivity index (χ1n) is 9.01. The summed E-state index contributed by atoms with van der Waals surface area (Å²) in [5, 5.41) is 2.09. The van der Waals surface area contributed by atoms with E-state index in [1.165, 1.54) is 16.7 Å². The van der Waals surface area contributed by atoms with Crippen molar-refractivity contribution in [2.24, 2.45) is 5.73 Å². The second-order valence-electron chi connectivity index (χ2n) is 6.27. The molecule has 3 rings (SSSR count). The van der Waals surface area contributed by atoms with Gasteiger partial charge in [-0.1, -0.05) is 97.1 Å². The molecule has 1 amide bonds. The summed E-state index contributed by atoms with van der Waals surface area (Å²) in [4.78, 5) is 11.0. The molecule has 0 unspecified atom stereocenters. The maximum atomic E-state index is 11.0. The molecular formula is C24H23NOS. The van der Waals surface area contributed by atoms with E-state index in [0.717, 1.165) is 0 Å². The molecule has 2 N–H and O–H groups in total. The van der Waals surface area contributed by atoms with Crippen molar-refractivity contribution >= 4 is 17.7 Å². The van der Waals surface area contributed by atoms with Crippen molar-refractivity contribution < 1.29 is 4.79 Å². The minimum atomic E-state index is -0.368. The number of carbonyl (C=O) groups is 1. The average molecular weight is 374 g/mol. The van der Waals surface area contributed by atoms with E-state index in [9.17, 15) is 4.79 Å². The average Bonchev–Trinajstić information content (AvgIpc) is 2.73. The number of benzene rings is 3. The van der Waals surface area contributed by atoms with Gasteiger partial charge >= 0.3 is 0 Å². The van der Waals surface area contributed by atoms with Gasteiger partial charge in [0.2, 0.25) is 5.91 Å². The van der Waals surface area contributed by atoms with E-state index in [0.29, 0.717) is 12.8 Å². The molecule has 3 aromatic rings. The van der Waals surface area contributed by atoms with Crippen LogP contribution in [0.25, 0.3) is 0 Å². The van der Waals surface area contributed by atoms with Crippen molar-refractivity contribution in [3.05, 3.63) is 119 Å². The largest absolute Gasteiger partial charge is 0.370 e. The lowest BCUT2D eigenvalue weighted by atomic mass is 9.84. The van der Waals surface area contributed by atoms with Crippen molar-refractivity contribution in [1.82, 2.24) is 0 Å². The van der Waals surface area contributed by atoms with Crippen LogP contribution in [0.5, 0.6) is 0 Å². The molecule has 3 heteroatoms. The van der Waals surface area contributed by atoms with Gasteiger partial charge in [-0.3, -0.25) is 4.79 Å². The highest BCUT2D eigenvalue weighted by atomic mass is 32.2. The highest BCUT2D eigenvalue weighted by Crippen LogP contribution is 2.48. The van der Waals surface area contributed by atoms with Gasteiger partial charge in [-0.15, -0.1) is 11.8 Å². The minimum absolute atomic E-state index is 0.273. The predicted octanol–water partition coefficient (Wildman–Crippen LogP) is 5.49. The van der Waals surface area contributed by atoms with Crippen LogP contribution in [0.2, 0.25) is 0 Å². The van der Waals surface area contributed by atoms with E-state index < -0.39 is 0 Å². The Kier molecular flexibility index (Phi) is 6.50. The minimum Gasteiger partial charge on any atom is -0.370 e. The predicted molar refractivity (Wildman–Crippen MR) is 114 cm³/mol. The van der Waals surface area contributed by atoms with Gasteiger partial charge in [-0.25, -0.2) is 0 Å². The van der Waals surface area contributed by atoms with Crippen LogP contribution in [-0.2, 0) is 9.54 Å². The van der Waals surface area contributed by atoms with Gasteiger partial charge in [-0.2, -0.15) is 0 Å². The number of hydrogen-bond donors (Lipinski definition) is 1. The van der Waals surface area contributed by atoms with Crippen molar-refractivity contribution in [3.8, 4) is 0 Å². The lowest BCUT2D eigenvalue weighted by Gasteiger charge is -2.34. The van der Waals surface area contributed by atoms with Crippen LogP contribution >= 0.6 is 11.8 Å². The standard InChI is InChI=1S/C24H23NOS/c25-23(26)18-10-11-19-27-24(20-12-4-1-5-13-20,21-14-6-2-7-15-21)22-16-8-3-9-17-22/h1-9,11-17,19H,10,18H2,(H2,25,26). The Morgan fingerprint density at radius 1 is 0.778 bits per heavy atom. The maximum absolute atomic E-state index is 11.0. The highest BCUT2D eigenvalue weighted by molar-refractivity contribution is 8.03. The molecule has 0 saturated heterocycles. The Hall–Kier alpha value is -2.78. The van der Waals surface area contributed by atoms with Gasteiger partial charge in [-0.05, 0) is 28.5 Å². The van der Waals surface area contributed by atoms with Crippen LogP contribution in [0.15, 0.2) is 102 Å². The summed E-state index contributed by atoms with van der Waals surface area (Å²) in [6.45, 7) is 0. The molecule has 3 aromatic carbocycles. The number of primary amides is 1. The van der Waals surface area contributed by atoms with Gasteiger partial charge < -0.3 is 5.73 Å². The third-order valence-corrected chi connectivity index (χ3v) is 5.83. The molecule has 0 fully saturated rings. The van der Waals surface area contributed by atoms with Crippen LogP contribution < -0.4 is 5.73 Å². The lowest BCUT2D eigenvalue weighted by Crippen LogP contribution is -2.24. The molecule has 0 bridgehead atoms. The molecule has 136 valence electrons. The van der Waals surface area contributed by atoms with E-state index in [1.54, 1.807) is 11.8 Å². The van der Waals surface area contributed by atoms with Gasteiger partial charge in [0.25, 0.3) is 0 Å². The zero-order valence-corrected chi connectivity index (χ0v) is 15.9. The lowest BCUT2D eigenvalue weighted by molar-refractivity contribution is -0.117. The molecule has 0 radical (unpaired) electrons. The molecule has 0 heterocycles. The fourth-order valence-corrected chi connectivity index (χ4v) is 4.42. The molecule has 0 aliphatic heterocycles. The summed E-state index contributed by atoms with van der Waals surface area (Å²) >= 11 is 1.75. The Labute approximate surface area is 165 Å². The molecule has 0 aliphatic carbocycles. The molecule has 0 spiro atoms. The van der Waals surface area contributed by atoms with Crippen molar-refractivity contribution in [1.29, 1.82) is 0 Å². The van der Waals surface area contributed by atoms with Crippen molar-refractivity contribution in [2.75, 3.05) is 0 Å². The fraction of sp³-hybridized carbons (Fsp3) is 0.125. The van der Waals surface area contributed by atoms with Crippen molar-refractivity contribution in [2.45, 2.75) is 17.6 Å². The number of nitrogens with two attached hydrogens (primary N) is 1. The topological polar surface area (TPSA) is 43.1 Å². The van der Waals surface area contributed by atoms with Crippen LogP contribution in [0.4, 0.5) is 0 Å². The molecule has 27 heavy (non-hydrogen) atoms. The van der Waals surface area contributed by atoms with E-state index in [4.69, 9.17) is 5.73 Å². The highest BCUT2D eigenvalue weighted by Gasteiger charge is 2.36. The quantitative estimate of drug-likeness (QED) is 0.531. The SMILES string of the molecule is NC(=O)CCC=CSC(c1ccccc1)(c1ccccc1)c1ccccc1. The Morgan fingerprint density at radius 3 is 1.56 bits per heavy atom. The summed E-state index contributed by atoms with van der Waals surface area (Å²) in [7, 11) is 0. The van der Waals surface area contributed by atoms with E-state index in [1.807, 2.05) is 24.3 Å².